The molecule has 0 heterocycles. The maximum absolute atomic E-state index is 4.81. The molecule has 0 radical (unpaired) electrons. The first kappa shape index (κ1) is 9.06. The number of nitrogens with zero attached hydrogens (tertiary/aromatic N) is 1. The van der Waals surface area contributed by atoms with Crippen molar-refractivity contribution in [2.45, 2.75) is 51.0 Å². The minimum absolute atomic E-state index is 0.223. The fourth-order valence-electron chi connectivity index (χ4n) is 4.90. The molecule has 2 heteroatoms. The first-order chi connectivity index (χ1) is 6.63. The number of rotatable bonds is 1. The molecule has 76 valence electrons. The van der Waals surface area contributed by atoms with E-state index in [0.29, 0.717) is 5.41 Å². The van der Waals surface area contributed by atoms with Crippen molar-refractivity contribution in [2.24, 2.45) is 22.2 Å². The number of hydrogen-bond donors (Lipinski definition) is 0. The van der Waals surface area contributed by atoms with E-state index in [-0.39, 0.29) is 5.54 Å². The van der Waals surface area contributed by atoms with Crippen molar-refractivity contribution in [3.05, 3.63) is 0 Å². The van der Waals surface area contributed by atoms with E-state index in [4.69, 9.17) is 12.2 Å². The summed E-state index contributed by atoms with van der Waals surface area (Å²) in [6.45, 7) is 2.46. The largest absolute Gasteiger partial charge is 0.226 e. The first-order valence-corrected chi connectivity index (χ1v) is 6.13. The van der Waals surface area contributed by atoms with Crippen LogP contribution in [0.3, 0.4) is 0 Å². The quantitative estimate of drug-likeness (QED) is 0.474. The summed E-state index contributed by atoms with van der Waals surface area (Å²) in [5.41, 5.74) is 0.806. The van der Waals surface area contributed by atoms with Crippen molar-refractivity contribution in [2.75, 3.05) is 0 Å². The van der Waals surface area contributed by atoms with Crippen LogP contribution in [0.5, 0.6) is 0 Å². The highest BCUT2D eigenvalue weighted by Gasteiger charge is 2.55. The predicted octanol–water partition coefficient (Wildman–Crippen LogP) is 3.45. The molecule has 14 heavy (non-hydrogen) atoms. The minimum Gasteiger partial charge on any atom is -0.226 e. The Kier molecular flexibility index (Phi) is 1.73. The Morgan fingerprint density at radius 3 is 2.36 bits per heavy atom. The van der Waals surface area contributed by atoms with Gasteiger partial charge in [0, 0.05) is 0 Å². The van der Waals surface area contributed by atoms with E-state index in [0.717, 1.165) is 11.8 Å². The van der Waals surface area contributed by atoms with Crippen LogP contribution in [0.1, 0.15) is 45.4 Å². The highest BCUT2D eigenvalue weighted by molar-refractivity contribution is 7.78. The molecule has 4 aliphatic rings. The molecule has 0 saturated heterocycles. The number of thiocarbonyl (C=S) groups is 1. The Balaban J connectivity index is 2.00. The van der Waals surface area contributed by atoms with E-state index in [1.54, 1.807) is 0 Å². The second-order valence-corrected chi connectivity index (χ2v) is 6.38. The standard InChI is InChI=1S/C12H17NS/c1-11-3-9-2-10(4-11)6-12(5-9,7-11)13-8-14/h9-10H,2-7H2,1H3/t9-,10+,11?,12?. The monoisotopic (exact) mass is 207 g/mol. The van der Waals surface area contributed by atoms with Crippen LogP contribution in [0.15, 0.2) is 4.99 Å². The Labute approximate surface area is 91.0 Å². The number of isothiocyanates is 1. The van der Waals surface area contributed by atoms with Crippen LogP contribution in [0.4, 0.5) is 0 Å². The van der Waals surface area contributed by atoms with E-state index in [9.17, 15) is 0 Å². The molecule has 0 aliphatic heterocycles. The van der Waals surface area contributed by atoms with Crippen molar-refractivity contribution in [1.29, 1.82) is 0 Å². The zero-order valence-electron chi connectivity index (χ0n) is 8.75. The predicted molar refractivity (Wildman–Crippen MR) is 60.5 cm³/mol. The van der Waals surface area contributed by atoms with Gasteiger partial charge in [0.05, 0.1) is 10.7 Å². The first-order valence-electron chi connectivity index (χ1n) is 5.72. The van der Waals surface area contributed by atoms with Crippen LogP contribution in [0.25, 0.3) is 0 Å². The molecule has 1 nitrogen and oxygen atoms in total. The molecule has 0 aromatic heterocycles. The summed E-state index contributed by atoms with van der Waals surface area (Å²) in [4.78, 5) is 4.53. The van der Waals surface area contributed by atoms with Gasteiger partial charge in [0.1, 0.15) is 0 Å². The minimum atomic E-state index is 0.223. The molecule has 4 saturated carbocycles. The maximum atomic E-state index is 4.81. The smallest absolute Gasteiger partial charge is 0.0721 e. The lowest BCUT2D eigenvalue weighted by Gasteiger charge is -2.59. The second kappa shape index (κ2) is 2.68. The highest BCUT2D eigenvalue weighted by Crippen LogP contribution is 2.62. The van der Waals surface area contributed by atoms with E-state index >= 15 is 0 Å². The van der Waals surface area contributed by atoms with E-state index < -0.39 is 0 Å². The van der Waals surface area contributed by atoms with Crippen LogP contribution >= 0.6 is 12.2 Å². The lowest BCUT2D eigenvalue weighted by molar-refractivity contribution is -0.0549. The molecular formula is C12H17NS. The molecule has 0 spiro atoms. The summed E-state index contributed by atoms with van der Waals surface area (Å²) in [5.74, 6) is 1.88. The van der Waals surface area contributed by atoms with Gasteiger partial charge in [-0.15, -0.1) is 0 Å². The molecule has 4 bridgehead atoms. The highest BCUT2D eigenvalue weighted by atomic mass is 32.1. The third-order valence-corrected chi connectivity index (χ3v) is 4.70. The summed E-state index contributed by atoms with van der Waals surface area (Å²) >= 11 is 4.81. The molecule has 0 aromatic rings. The van der Waals surface area contributed by atoms with Gasteiger partial charge >= 0.3 is 0 Å². The molecule has 2 unspecified atom stereocenters. The van der Waals surface area contributed by atoms with Crippen molar-refractivity contribution >= 4 is 17.4 Å². The molecular weight excluding hydrogens is 190 g/mol. The zero-order valence-corrected chi connectivity index (χ0v) is 9.57. The normalized spacial score (nSPS) is 54.4. The van der Waals surface area contributed by atoms with E-state index in [2.05, 4.69) is 17.1 Å². The third-order valence-electron chi connectivity index (χ3n) is 4.61. The van der Waals surface area contributed by atoms with Gasteiger partial charge in [-0.05, 0) is 68.0 Å². The Bertz CT molecular complexity index is 302. The van der Waals surface area contributed by atoms with Crippen molar-refractivity contribution in [3.8, 4) is 0 Å². The SMILES string of the molecule is CC12C[C@H]3C[C@@H](C1)CC(N=C=S)(C3)C2. The van der Waals surface area contributed by atoms with Gasteiger partial charge in [0.2, 0.25) is 0 Å². The van der Waals surface area contributed by atoms with Crippen molar-refractivity contribution in [1.82, 2.24) is 0 Å². The topological polar surface area (TPSA) is 12.4 Å². The van der Waals surface area contributed by atoms with E-state index in [1.165, 1.54) is 38.5 Å². The lowest BCUT2D eigenvalue weighted by atomic mass is 9.47. The molecule has 4 rings (SSSR count). The maximum Gasteiger partial charge on any atom is 0.0721 e. The molecule has 0 amide bonds. The average molecular weight is 207 g/mol. The Morgan fingerprint density at radius 1 is 1.21 bits per heavy atom. The second-order valence-electron chi connectivity index (χ2n) is 6.20. The molecule has 4 fully saturated rings. The van der Waals surface area contributed by atoms with Gasteiger partial charge in [0.25, 0.3) is 0 Å². The van der Waals surface area contributed by atoms with Gasteiger partial charge in [-0.25, -0.2) is 4.99 Å². The summed E-state index contributed by atoms with van der Waals surface area (Å²) in [5, 5.41) is 2.65. The average Bonchev–Trinajstić information content (AvgIpc) is 1.97. The van der Waals surface area contributed by atoms with Crippen LogP contribution < -0.4 is 0 Å². The summed E-state index contributed by atoms with van der Waals surface area (Å²) in [6.07, 6.45) is 8.21. The Morgan fingerprint density at radius 2 is 1.86 bits per heavy atom. The fraction of sp³-hybridized carbons (Fsp3) is 0.917. The molecule has 4 atom stereocenters. The van der Waals surface area contributed by atoms with Crippen LogP contribution in [0, 0.1) is 17.3 Å². The lowest BCUT2D eigenvalue weighted by Crippen LogP contribution is -2.53. The van der Waals surface area contributed by atoms with Crippen LogP contribution in [0.2, 0.25) is 0 Å². The molecule has 0 aromatic carbocycles. The summed E-state index contributed by atoms with van der Waals surface area (Å²) in [6, 6.07) is 0. The van der Waals surface area contributed by atoms with Gasteiger partial charge in [-0.3, -0.25) is 0 Å². The van der Waals surface area contributed by atoms with Crippen LogP contribution in [-0.2, 0) is 0 Å². The third kappa shape index (κ3) is 1.20. The van der Waals surface area contributed by atoms with Gasteiger partial charge in [-0.1, -0.05) is 6.92 Å². The molecule has 0 N–H and O–H groups in total. The van der Waals surface area contributed by atoms with Gasteiger partial charge in [-0.2, -0.15) is 0 Å². The number of hydrogen-bond acceptors (Lipinski definition) is 2. The van der Waals surface area contributed by atoms with Crippen molar-refractivity contribution < 1.29 is 0 Å². The van der Waals surface area contributed by atoms with Crippen molar-refractivity contribution in [3.63, 3.8) is 0 Å². The van der Waals surface area contributed by atoms with Gasteiger partial charge in [0.15, 0.2) is 0 Å². The summed E-state index contributed by atoms with van der Waals surface area (Å²) in [7, 11) is 0. The van der Waals surface area contributed by atoms with Crippen LogP contribution in [-0.4, -0.2) is 10.7 Å². The van der Waals surface area contributed by atoms with Gasteiger partial charge < -0.3 is 0 Å². The van der Waals surface area contributed by atoms with E-state index in [1.807, 2.05) is 0 Å². The number of aliphatic imine (C=N–C) groups is 1. The summed E-state index contributed by atoms with van der Waals surface area (Å²) < 4.78 is 0. The zero-order chi connectivity index (χ0) is 9.81. The fourth-order valence-corrected chi connectivity index (χ4v) is 5.09. The molecule has 4 aliphatic carbocycles. The Hall–Kier alpha value is -0.200.